The summed E-state index contributed by atoms with van der Waals surface area (Å²) >= 11 is 0. The van der Waals surface area contributed by atoms with E-state index >= 15 is 0 Å². The molecule has 1 aliphatic rings. The Bertz CT molecular complexity index is 1080. The first kappa shape index (κ1) is 20.7. The quantitative estimate of drug-likeness (QED) is 0.615. The van der Waals surface area contributed by atoms with Gasteiger partial charge in [-0.1, -0.05) is 42.5 Å². The van der Waals surface area contributed by atoms with Crippen LogP contribution in [0, 0.1) is 11.6 Å². The number of hydrogen-bond acceptors (Lipinski definition) is 3. The van der Waals surface area contributed by atoms with E-state index in [0.29, 0.717) is 26.2 Å². The van der Waals surface area contributed by atoms with Crippen LogP contribution in [-0.4, -0.2) is 43.8 Å². The molecule has 0 aliphatic carbocycles. The maximum absolute atomic E-state index is 13.5. The van der Waals surface area contributed by atoms with Crippen LogP contribution >= 0.6 is 0 Å². The molecule has 4 nitrogen and oxygen atoms in total. The van der Waals surface area contributed by atoms with Crippen molar-refractivity contribution in [2.45, 2.75) is 10.9 Å². The summed E-state index contributed by atoms with van der Waals surface area (Å²) in [6, 6.07) is 21.1. The van der Waals surface area contributed by atoms with Crippen molar-refractivity contribution in [2.24, 2.45) is 0 Å². The van der Waals surface area contributed by atoms with Gasteiger partial charge >= 0.3 is 0 Å². The largest absolute Gasteiger partial charge is 0.290 e. The zero-order valence-electron chi connectivity index (χ0n) is 16.3. The molecule has 0 radical (unpaired) electrons. The van der Waals surface area contributed by atoms with Gasteiger partial charge in [0.2, 0.25) is 10.0 Å². The van der Waals surface area contributed by atoms with Gasteiger partial charge in [-0.2, -0.15) is 4.31 Å². The fraction of sp³-hybridized carbons (Fsp3) is 0.217. The molecule has 1 heterocycles. The van der Waals surface area contributed by atoms with E-state index in [4.69, 9.17) is 0 Å². The van der Waals surface area contributed by atoms with Crippen LogP contribution in [0.3, 0.4) is 0 Å². The lowest BCUT2D eigenvalue weighted by molar-refractivity contribution is 0.155. The molecule has 1 saturated heterocycles. The van der Waals surface area contributed by atoms with Gasteiger partial charge in [0.25, 0.3) is 0 Å². The number of hydrogen-bond donors (Lipinski definition) is 0. The first-order valence-corrected chi connectivity index (χ1v) is 11.2. The molecule has 0 spiro atoms. The number of halogens is 2. The summed E-state index contributed by atoms with van der Waals surface area (Å²) in [6.45, 7) is 1.70. The predicted octanol–water partition coefficient (Wildman–Crippen LogP) is 4.06. The highest BCUT2D eigenvalue weighted by atomic mass is 32.2. The van der Waals surface area contributed by atoms with Crippen LogP contribution in [0.15, 0.2) is 83.8 Å². The Labute approximate surface area is 175 Å². The summed E-state index contributed by atoms with van der Waals surface area (Å²) in [4.78, 5) is 2.30. The zero-order valence-corrected chi connectivity index (χ0v) is 17.1. The molecule has 1 fully saturated rings. The van der Waals surface area contributed by atoms with Crippen LogP contribution in [0.25, 0.3) is 0 Å². The molecular formula is C23H22F2N2O2S. The summed E-state index contributed by atoms with van der Waals surface area (Å²) in [5.41, 5.74) is 2.02. The first-order chi connectivity index (χ1) is 14.4. The van der Waals surface area contributed by atoms with E-state index in [1.165, 1.54) is 28.6 Å². The third-order valence-corrected chi connectivity index (χ3v) is 7.30. The highest BCUT2D eigenvalue weighted by Gasteiger charge is 2.32. The highest BCUT2D eigenvalue weighted by molar-refractivity contribution is 7.89. The normalized spacial score (nSPS) is 17.0. The second-order valence-corrected chi connectivity index (χ2v) is 9.20. The monoisotopic (exact) mass is 428 g/mol. The molecule has 0 N–H and O–H groups in total. The molecule has 156 valence electrons. The fourth-order valence-electron chi connectivity index (χ4n) is 3.85. The average molecular weight is 429 g/mol. The smallest absolute Gasteiger partial charge is 0.243 e. The molecule has 0 aromatic heterocycles. The minimum atomic E-state index is -3.67. The van der Waals surface area contributed by atoms with Crippen molar-refractivity contribution in [3.05, 3.63) is 102 Å². The number of piperazine rings is 1. The van der Waals surface area contributed by atoms with Gasteiger partial charge in [0.05, 0.1) is 10.9 Å². The standard InChI is InChI=1S/C23H22F2N2O2S/c24-20-8-6-19(7-9-20)23(18-4-2-1-3-5-18)26-14-16-27(17-15-26)30(28,29)22-12-10-21(25)11-13-22/h1-13,23H,14-17H2/t23-/m0/s1. The van der Waals surface area contributed by atoms with Crippen molar-refractivity contribution >= 4 is 10.0 Å². The van der Waals surface area contributed by atoms with Crippen molar-refractivity contribution in [3.63, 3.8) is 0 Å². The van der Waals surface area contributed by atoms with Crippen molar-refractivity contribution in [2.75, 3.05) is 26.2 Å². The van der Waals surface area contributed by atoms with Gasteiger partial charge in [0, 0.05) is 26.2 Å². The molecule has 0 unspecified atom stereocenters. The Kier molecular flexibility index (Phi) is 5.94. The summed E-state index contributed by atoms with van der Waals surface area (Å²) in [5.74, 6) is -0.760. The third-order valence-electron chi connectivity index (χ3n) is 5.39. The SMILES string of the molecule is O=S(=O)(c1ccc(F)cc1)N1CCN([C@@H](c2ccccc2)c2ccc(F)cc2)CC1. The van der Waals surface area contributed by atoms with E-state index in [1.807, 2.05) is 30.3 Å². The lowest BCUT2D eigenvalue weighted by Gasteiger charge is -2.39. The van der Waals surface area contributed by atoms with E-state index in [0.717, 1.165) is 23.3 Å². The minimum absolute atomic E-state index is 0.0930. The van der Waals surface area contributed by atoms with Crippen LogP contribution in [0.5, 0.6) is 0 Å². The van der Waals surface area contributed by atoms with Crippen molar-refractivity contribution in [1.29, 1.82) is 0 Å². The molecule has 30 heavy (non-hydrogen) atoms. The van der Waals surface area contributed by atoms with Gasteiger partial charge in [-0.3, -0.25) is 4.90 Å². The second kappa shape index (κ2) is 8.63. The molecule has 0 amide bonds. The van der Waals surface area contributed by atoms with E-state index in [2.05, 4.69) is 4.90 Å². The lowest BCUT2D eigenvalue weighted by Crippen LogP contribution is -2.49. The van der Waals surface area contributed by atoms with Gasteiger partial charge in [-0.25, -0.2) is 17.2 Å². The summed E-state index contributed by atoms with van der Waals surface area (Å²) in [5, 5.41) is 0. The maximum Gasteiger partial charge on any atom is 0.243 e. The molecule has 1 aliphatic heterocycles. The number of sulfonamides is 1. The number of rotatable bonds is 5. The Morgan fingerprint density at radius 1 is 0.667 bits per heavy atom. The fourth-order valence-corrected chi connectivity index (χ4v) is 5.27. The van der Waals surface area contributed by atoms with E-state index < -0.39 is 15.8 Å². The van der Waals surface area contributed by atoms with Gasteiger partial charge in [-0.15, -0.1) is 0 Å². The minimum Gasteiger partial charge on any atom is -0.290 e. The Morgan fingerprint density at radius 2 is 1.17 bits per heavy atom. The summed E-state index contributed by atoms with van der Waals surface area (Å²) < 4.78 is 53.8. The van der Waals surface area contributed by atoms with Crippen LogP contribution in [0.4, 0.5) is 8.78 Å². The summed E-state index contributed by atoms with van der Waals surface area (Å²) in [7, 11) is -3.67. The number of nitrogens with zero attached hydrogens (tertiary/aromatic N) is 2. The maximum atomic E-state index is 13.5. The Hall–Kier alpha value is -2.61. The molecule has 3 aromatic rings. The molecule has 0 saturated carbocycles. The van der Waals surface area contributed by atoms with Crippen LogP contribution < -0.4 is 0 Å². The topological polar surface area (TPSA) is 40.6 Å². The van der Waals surface area contributed by atoms with Gasteiger partial charge in [0.1, 0.15) is 11.6 Å². The Morgan fingerprint density at radius 3 is 1.73 bits per heavy atom. The van der Waals surface area contributed by atoms with E-state index in [1.54, 1.807) is 12.1 Å². The number of benzene rings is 3. The van der Waals surface area contributed by atoms with Crippen LogP contribution in [0.2, 0.25) is 0 Å². The van der Waals surface area contributed by atoms with Crippen LogP contribution in [0.1, 0.15) is 17.2 Å². The average Bonchev–Trinajstić information content (AvgIpc) is 2.77. The highest BCUT2D eigenvalue weighted by Crippen LogP contribution is 2.30. The molecule has 1 atom stereocenters. The van der Waals surface area contributed by atoms with E-state index in [-0.39, 0.29) is 16.8 Å². The second-order valence-electron chi connectivity index (χ2n) is 7.26. The molecule has 0 bridgehead atoms. The molecule has 3 aromatic carbocycles. The molecule has 7 heteroatoms. The van der Waals surface area contributed by atoms with Crippen molar-refractivity contribution in [1.82, 2.24) is 9.21 Å². The van der Waals surface area contributed by atoms with Crippen molar-refractivity contribution in [3.8, 4) is 0 Å². The van der Waals surface area contributed by atoms with Gasteiger partial charge in [0.15, 0.2) is 0 Å². The van der Waals surface area contributed by atoms with Crippen molar-refractivity contribution < 1.29 is 17.2 Å². The van der Waals surface area contributed by atoms with Gasteiger partial charge < -0.3 is 0 Å². The summed E-state index contributed by atoms with van der Waals surface area (Å²) in [6.07, 6.45) is 0. The first-order valence-electron chi connectivity index (χ1n) is 9.75. The third kappa shape index (κ3) is 4.28. The zero-order chi connectivity index (χ0) is 21.1. The van der Waals surface area contributed by atoms with Gasteiger partial charge in [-0.05, 0) is 47.5 Å². The Balaban J connectivity index is 1.56. The molecular weight excluding hydrogens is 406 g/mol. The van der Waals surface area contributed by atoms with E-state index in [9.17, 15) is 17.2 Å². The lowest BCUT2D eigenvalue weighted by atomic mass is 9.96. The predicted molar refractivity (Wildman–Crippen MR) is 111 cm³/mol. The van der Waals surface area contributed by atoms with Crippen LogP contribution in [-0.2, 0) is 10.0 Å². The molecule has 4 rings (SSSR count).